The first-order valence-electron chi connectivity index (χ1n) is 9.12. The fourth-order valence-electron chi connectivity index (χ4n) is 3.25. The lowest BCUT2D eigenvalue weighted by atomic mass is 10.1. The number of ether oxygens (including phenoxy) is 1. The van der Waals surface area contributed by atoms with Gasteiger partial charge in [-0.25, -0.2) is 0 Å². The molecule has 1 aliphatic rings. The highest BCUT2D eigenvalue weighted by atomic mass is 32.2. The average molecular weight is 375 g/mol. The molecule has 3 aromatic carbocycles. The molecule has 0 N–H and O–H groups in total. The Balaban J connectivity index is 1.53. The van der Waals surface area contributed by atoms with E-state index in [4.69, 9.17) is 4.74 Å². The molecule has 27 heavy (non-hydrogen) atoms. The van der Waals surface area contributed by atoms with Gasteiger partial charge in [0.15, 0.2) is 6.61 Å². The van der Waals surface area contributed by atoms with E-state index in [9.17, 15) is 4.79 Å². The number of amides is 1. The molecule has 0 atom stereocenters. The number of anilines is 1. The summed E-state index contributed by atoms with van der Waals surface area (Å²) < 4.78 is 5.96. The molecule has 3 nitrogen and oxygen atoms in total. The first-order valence-corrected chi connectivity index (χ1v) is 10.1. The van der Waals surface area contributed by atoms with E-state index in [2.05, 4.69) is 6.07 Å². The molecule has 0 spiro atoms. The van der Waals surface area contributed by atoms with Crippen LogP contribution in [-0.2, 0) is 4.79 Å². The molecular weight excluding hydrogens is 354 g/mol. The van der Waals surface area contributed by atoms with Gasteiger partial charge in [0.05, 0.1) is 5.69 Å². The van der Waals surface area contributed by atoms with Gasteiger partial charge in [-0.1, -0.05) is 60.7 Å². The van der Waals surface area contributed by atoms with Crippen molar-refractivity contribution >= 4 is 23.4 Å². The second-order valence-corrected chi connectivity index (χ2v) is 7.50. The zero-order valence-corrected chi connectivity index (χ0v) is 15.8. The van der Waals surface area contributed by atoms with Crippen LogP contribution in [-0.4, -0.2) is 24.8 Å². The average Bonchev–Trinajstić information content (AvgIpc) is 2.95. The van der Waals surface area contributed by atoms with Crippen LogP contribution in [0.1, 0.15) is 6.42 Å². The van der Waals surface area contributed by atoms with E-state index in [1.807, 2.05) is 89.5 Å². The predicted molar refractivity (Wildman–Crippen MR) is 112 cm³/mol. The third kappa shape index (κ3) is 4.01. The summed E-state index contributed by atoms with van der Waals surface area (Å²) in [6.07, 6.45) is 0.978. The normalized spacial score (nSPS) is 13.6. The molecule has 0 saturated heterocycles. The highest BCUT2D eigenvalue weighted by Gasteiger charge is 2.22. The number of hydrogen-bond acceptors (Lipinski definition) is 3. The smallest absolute Gasteiger partial charge is 0.264 e. The minimum Gasteiger partial charge on any atom is -0.483 e. The van der Waals surface area contributed by atoms with E-state index in [1.165, 1.54) is 0 Å². The Morgan fingerprint density at radius 3 is 2.56 bits per heavy atom. The summed E-state index contributed by atoms with van der Waals surface area (Å²) in [6.45, 7) is 0.759. The summed E-state index contributed by atoms with van der Waals surface area (Å²) in [4.78, 5) is 15.9. The van der Waals surface area contributed by atoms with Crippen molar-refractivity contribution in [1.82, 2.24) is 0 Å². The highest BCUT2D eigenvalue weighted by molar-refractivity contribution is 7.99. The van der Waals surface area contributed by atoms with Crippen molar-refractivity contribution in [3.8, 4) is 16.9 Å². The maximum atomic E-state index is 12.9. The van der Waals surface area contributed by atoms with Crippen molar-refractivity contribution in [3.05, 3.63) is 78.9 Å². The second-order valence-electron chi connectivity index (χ2n) is 6.37. The topological polar surface area (TPSA) is 29.5 Å². The van der Waals surface area contributed by atoms with Crippen molar-refractivity contribution in [3.63, 3.8) is 0 Å². The fraction of sp³-hybridized carbons (Fsp3) is 0.174. The summed E-state index contributed by atoms with van der Waals surface area (Å²) >= 11 is 1.81. The fourth-order valence-corrected chi connectivity index (χ4v) is 4.25. The van der Waals surface area contributed by atoms with E-state index >= 15 is 0 Å². The first-order chi connectivity index (χ1) is 13.3. The Labute approximate surface area is 164 Å². The number of rotatable bonds is 4. The summed E-state index contributed by atoms with van der Waals surface area (Å²) in [7, 11) is 0. The van der Waals surface area contributed by atoms with Crippen LogP contribution in [0.15, 0.2) is 83.8 Å². The van der Waals surface area contributed by atoms with E-state index in [0.29, 0.717) is 0 Å². The lowest BCUT2D eigenvalue weighted by Crippen LogP contribution is -2.35. The van der Waals surface area contributed by atoms with E-state index in [0.717, 1.165) is 46.2 Å². The van der Waals surface area contributed by atoms with Gasteiger partial charge in [0.25, 0.3) is 5.91 Å². The lowest BCUT2D eigenvalue weighted by molar-refractivity contribution is -0.120. The largest absolute Gasteiger partial charge is 0.483 e. The summed E-state index contributed by atoms with van der Waals surface area (Å²) in [5.74, 6) is 1.75. The first kappa shape index (κ1) is 17.7. The Kier molecular flexibility index (Phi) is 5.45. The number of carbonyl (C=O) groups excluding carboxylic acids is 1. The maximum Gasteiger partial charge on any atom is 0.264 e. The molecule has 1 heterocycles. The van der Waals surface area contributed by atoms with Crippen LogP contribution in [0.2, 0.25) is 0 Å². The third-order valence-corrected chi connectivity index (χ3v) is 5.71. The van der Waals surface area contributed by atoms with Gasteiger partial charge in [-0.2, -0.15) is 0 Å². The number of para-hydroxylation sites is 2. The number of nitrogens with zero attached hydrogens (tertiary/aromatic N) is 1. The van der Waals surface area contributed by atoms with Gasteiger partial charge >= 0.3 is 0 Å². The van der Waals surface area contributed by atoms with Gasteiger partial charge in [0.1, 0.15) is 5.75 Å². The van der Waals surface area contributed by atoms with Crippen molar-refractivity contribution in [2.75, 3.05) is 23.8 Å². The summed E-state index contributed by atoms with van der Waals surface area (Å²) in [5, 5.41) is 0. The molecule has 1 aliphatic heterocycles. The minimum atomic E-state index is -0.00665. The molecule has 0 aromatic heterocycles. The van der Waals surface area contributed by atoms with Gasteiger partial charge in [-0.05, 0) is 35.9 Å². The molecule has 1 amide bonds. The molecule has 0 bridgehead atoms. The predicted octanol–water partition coefficient (Wildman–Crippen LogP) is 5.26. The van der Waals surface area contributed by atoms with Gasteiger partial charge in [-0.3, -0.25) is 4.79 Å². The van der Waals surface area contributed by atoms with E-state index < -0.39 is 0 Å². The van der Waals surface area contributed by atoms with Crippen LogP contribution in [0.5, 0.6) is 5.75 Å². The molecule has 4 rings (SSSR count). The third-order valence-electron chi connectivity index (χ3n) is 4.56. The van der Waals surface area contributed by atoms with Gasteiger partial charge in [0, 0.05) is 17.0 Å². The summed E-state index contributed by atoms with van der Waals surface area (Å²) in [6, 6.07) is 26.1. The van der Waals surface area contributed by atoms with Crippen LogP contribution < -0.4 is 9.64 Å². The molecule has 3 aromatic rings. The van der Waals surface area contributed by atoms with Gasteiger partial charge < -0.3 is 9.64 Å². The SMILES string of the molecule is O=C(COc1ccccc1-c1ccccc1)N1CCCSc2ccccc21. The van der Waals surface area contributed by atoms with Gasteiger partial charge in [0.2, 0.25) is 0 Å². The van der Waals surface area contributed by atoms with Crippen molar-refractivity contribution in [1.29, 1.82) is 0 Å². The number of carbonyl (C=O) groups is 1. The standard InChI is InChI=1S/C23H21NO2S/c25-23(24-15-8-16-27-22-14-7-5-12-20(22)24)17-26-21-13-6-4-11-19(21)18-9-2-1-3-10-18/h1-7,9-14H,8,15-17H2. The lowest BCUT2D eigenvalue weighted by Gasteiger charge is -2.23. The number of hydrogen-bond donors (Lipinski definition) is 0. The Bertz CT molecular complexity index is 926. The van der Waals surface area contributed by atoms with Crippen molar-refractivity contribution in [2.45, 2.75) is 11.3 Å². The molecule has 4 heteroatoms. The molecule has 136 valence electrons. The Morgan fingerprint density at radius 1 is 0.926 bits per heavy atom. The van der Waals surface area contributed by atoms with Gasteiger partial charge in [-0.15, -0.1) is 11.8 Å². The van der Waals surface area contributed by atoms with Crippen LogP contribution in [0.25, 0.3) is 11.1 Å². The van der Waals surface area contributed by atoms with E-state index in [-0.39, 0.29) is 12.5 Å². The van der Waals surface area contributed by atoms with E-state index in [1.54, 1.807) is 0 Å². The second kappa shape index (κ2) is 8.31. The van der Waals surface area contributed by atoms with Crippen LogP contribution in [0.4, 0.5) is 5.69 Å². The molecular formula is C23H21NO2S. The number of thioether (sulfide) groups is 1. The summed E-state index contributed by atoms with van der Waals surface area (Å²) in [5.41, 5.74) is 3.07. The highest BCUT2D eigenvalue weighted by Crippen LogP contribution is 2.34. The molecule has 0 aliphatic carbocycles. The zero-order valence-electron chi connectivity index (χ0n) is 15.0. The molecule has 0 unspecified atom stereocenters. The number of fused-ring (bicyclic) bond motifs is 1. The zero-order chi connectivity index (χ0) is 18.5. The minimum absolute atomic E-state index is 0.00665. The van der Waals surface area contributed by atoms with Crippen molar-refractivity contribution in [2.24, 2.45) is 0 Å². The van der Waals surface area contributed by atoms with Crippen LogP contribution >= 0.6 is 11.8 Å². The van der Waals surface area contributed by atoms with Crippen molar-refractivity contribution < 1.29 is 9.53 Å². The number of benzene rings is 3. The molecule has 0 fully saturated rings. The van der Waals surface area contributed by atoms with Crippen LogP contribution in [0.3, 0.4) is 0 Å². The monoisotopic (exact) mass is 375 g/mol. The Hall–Kier alpha value is -2.72. The molecule has 0 radical (unpaired) electrons. The Morgan fingerprint density at radius 2 is 1.67 bits per heavy atom. The molecule has 0 saturated carbocycles. The maximum absolute atomic E-state index is 12.9. The quantitative estimate of drug-likeness (QED) is 0.623. The van der Waals surface area contributed by atoms with Crippen LogP contribution in [0, 0.1) is 0 Å².